The summed E-state index contributed by atoms with van der Waals surface area (Å²) in [7, 11) is 0. The zero-order chi connectivity index (χ0) is 20.8. The number of carbonyl (C=O) groups is 2. The maximum Gasteiger partial charge on any atom is 0.157 e. The molecule has 4 heteroatoms. The van der Waals surface area contributed by atoms with Crippen molar-refractivity contribution >= 4 is 28.7 Å². The van der Waals surface area contributed by atoms with Gasteiger partial charge < -0.3 is 4.40 Å². The Morgan fingerprint density at radius 2 is 1.70 bits per heavy atom. The largest absolute Gasteiger partial charge is 0.320 e. The molecule has 3 nitrogen and oxygen atoms in total. The zero-order valence-electron chi connectivity index (χ0n) is 16.5. The Labute approximate surface area is 179 Å². The Morgan fingerprint density at radius 3 is 2.47 bits per heavy atom. The van der Waals surface area contributed by atoms with Crippen LogP contribution in [0.4, 0.5) is 0 Å². The first kappa shape index (κ1) is 18.8. The highest BCUT2D eigenvalue weighted by molar-refractivity contribution is 6.31. The Morgan fingerprint density at radius 1 is 0.933 bits per heavy atom. The minimum Gasteiger partial charge on any atom is -0.320 e. The Kier molecular flexibility index (Phi) is 4.56. The van der Waals surface area contributed by atoms with Gasteiger partial charge >= 0.3 is 0 Å². The second-order valence-corrected chi connectivity index (χ2v) is 8.28. The van der Waals surface area contributed by atoms with E-state index < -0.39 is 11.8 Å². The lowest BCUT2D eigenvalue weighted by atomic mass is 9.91. The van der Waals surface area contributed by atoms with Crippen LogP contribution >= 0.6 is 11.6 Å². The fraction of sp³-hybridized carbons (Fsp3) is 0.154. The van der Waals surface area contributed by atoms with Crippen molar-refractivity contribution in [3.8, 4) is 11.1 Å². The first-order valence-corrected chi connectivity index (χ1v) is 10.4. The Bertz CT molecular complexity index is 1290. The van der Waals surface area contributed by atoms with Crippen molar-refractivity contribution in [2.45, 2.75) is 25.2 Å². The van der Waals surface area contributed by atoms with E-state index >= 15 is 0 Å². The number of aromatic nitrogens is 1. The monoisotopic (exact) mass is 413 g/mol. The van der Waals surface area contributed by atoms with E-state index in [-0.39, 0.29) is 18.0 Å². The van der Waals surface area contributed by atoms with E-state index in [1.54, 1.807) is 6.07 Å². The fourth-order valence-corrected chi connectivity index (χ4v) is 4.69. The highest BCUT2D eigenvalue weighted by Crippen LogP contribution is 2.43. The molecule has 148 valence electrons. The molecule has 0 radical (unpaired) electrons. The molecule has 0 bridgehead atoms. The maximum absolute atomic E-state index is 13.6. The molecule has 5 rings (SSSR count). The first-order chi connectivity index (χ1) is 14.5. The lowest BCUT2D eigenvalue weighted by Gasteiger charge is -2.14. The third kappa shape index (κ3) is 2.98. The van der Waals surface area contributed by atoms with E-state index in [2.05, 4.69) is 6.07 Å². The Hall–Kier alpha value is -3.17. The van der Waals surface area contributed by atoms with Crippen LogP contribution < -0.4 is 0 Å². The van der Waals surface area contributed by atoms with E-state index in [4.69, 9.17) is 11.6 Å². The van der Waals surface area contributed by atoms with Gasteiger partial charge in [0.05, 0.1) is 5.92 Å². The van der Waals surface area contributed by atoms with Crippen molar-refractivity contribution in [2.24, 2.45) is 0 Å². The minimum atomic E-state index is -0.758. The molecule has 4 aromatic rings. The van der Waals surface area contributed by atoms with Gasteiger partial charge in [0.15, 0.2) is 5.78 Å². The summed E-state index contributed by atoms with van der Waals surface area (Å²) in [6, 6.07) is 23.5. The number of rotatable bonds is 3. The van der Waals surface area contributed by atoms with Gasteiger partial charge in [0.2, 0.25) is 0 Å². The molecular formula is C26H20ClNO2. The van der Waals surface area contributed by atoms with Crippen molar-refractivity contribution < 1.29 is 9.59 Å². The maximum atomic E-state index is 13.6. The predicted octanol–water partition coefficient (Wildman–Crippen LogP) is 5.98. The number of halogens is 1. The molecule has 1 aliphatic rings. The van der Waals surface area contributed by atoms with Crippen LogP contribution in [0.15, 0.2) is 79.0 Å². The highest BCUT2D eigenvalue weighted by atomic mass is 35.5. The van der Waals surface area contributed by atoms with Crippen molar-refractivity contribution in [3.63, 3.8) is 0 Å². The third-order valence-corrected chi connectivity index (χ3v) is 6.43. The van der Waals surface area contributed by atoms with Crippen LogP contribution in [0, 0.1) is 6.92 Å². The van der Waals surface area contributed by atoms with Gasteiger partial charge in [-0.15, -0.1) is 0 Å². The number of hydrogen-bond donors (Lipinski definition) is 0. The molecule has 0 N–H and O–H groups in total. The summed E-state index contributed by atoms with van der Waals surface area (Å²) in [4.78, 5) is 26.6. The van der Waals surface area contributed by atoms with Gasteiger partial charge in [-0.2, -0.15) is 0 Å². The molecule has 30 heavy (non-hydrogen) atoms. The molecule has 0 aliphatic heterocycles. The summed E-state index contributed by atoms with van der Waals surface area (Å²) in [6.07, 6.45) is 2.17. The summed E-state index contributed by atoms with van der Waals surface area (Å²) < 4.78 is 2.04. The number of aryl methyl sites for hydroxylation is 1. The van der Waals surface area contributed by atoms with Crippen LogP contribution in [-0.4, -0.2) is 16.0 Å². The van der Waals surface area contributed by atoms with Gasteiger partial charge in [0, 0.05) is 34.4 Å². The molecule has 1 fully saturated rings. The van der Waals surface area contributed by atoms with E-state index in [0.29, 0.717) is 10.6 Å². The van der Waals surface area contributed by atoms with Gasteiger partial charge in [-0.05, 0) is 47.9 Å². The normalized spacial score (nSPS) is 19.0. The van der Waals surface area contributed by atoms with Crippen LogP contribution in [0.25, 0.3) is 16.6 Å². The average Bonchev–Trinajstić information content (AvgIpc) is 3.27. The van der Waals surface area contributed by atoms with Crippen molar-refractivity contribution in [3.05, 3.63) is 101 Å². The Balaban J connectivity index is 1.65. The first-order valence-electron chi connectivity index (χ1n) is 10.0. The smallest absolute Gasteiger partial charge is 0.157 e. The van der Waals surface area contributed by atoms with Crippen LogP contribution in [0.1, 0.15) is 35.1 Å². The standard InChI is InChI=1S/C26H20ClNO2/c1-16-10-11-18(13-22(16)27)24-23(29)15-21(26(24)30)25-20(17-7-3-2-4-8-17)14-19-9-5-6-12-28(19)25/h2-14,21,24H,15H2,1H3/t21-,24-/m0/s1. The molecule has 2 aromatic heterocycles. The number of pyridine rings is 1. The number of hydrogen-bond acceptors (Lipinski definition) is 2. The van der Waals surface area contributed by atoms with Crippen LogP contribution in [0.2, 0.25) is 5.02 Å². The topological polar surface area (TPSA) is 38.5 Å². The lowest BCUT2D eigenvalue weighted by Crippen LogP contribution is -2.16. The molecule has 0 spiro atoms. The van der Waals surface area contributed by atoms with Gasteiger partial charge in [0.1, 0.15) is 11.7 Å². The molecule has 2 atom stereocenters. The van der Waals surface area contributed by atoms with Crippen molar-refractivity contribution in [1.29, 1.82) is 0 Å². The molecule has 0 amide bonds. The number of Topliss-reactive ketones (excluding diaryl/α,β-unsaturated/α-hetero) is 2. The van der Waals surface area contributed by atoms with E-state index in [9.17, 15) is 9.59 Å². The molecule has 0 saturated heterocycles. The van der Waals surface area contributed by atoms with Gasteiger partial charge in [-0.1, -0.05) is 60.1 Å². The number of benzene rings is 2. The van der Waals surface area contributed by atoms with Gasteiger partial charge in [-0.25, -0.2) is 0 Å². The molecule has 1 aliphatic carbocycles. The summed E-state index contributed by atoms with van der Waals surface area (Å²) in [5, 5.41) is 0.578. The quantitative estimate of drug-likeness (QED) is 0.387. The zero-order valence-corrected chi connectivity index (χ0v) is 17.3. The summed E-state index contributed by atoms with van der Waals surface area (Å²) in [6.45, 7) is 1.91. The van der Waals surface area contributed by atoms with Crippen molar-refractivity contribution in [1.82, 2.24) is 4.40 Å². The fourth-order valence-electron chi connectivity index (χ4n) is 4.50. The van der Waals surface area contributed by atoms with Gasteiger partial charge in [0.25, 0.3) is 0 Å². The summed E-state index contributed by atoms with van der Waals surface area (Å²) in [5.41, 5.74) is 5.54. The van der Waals surface area contributed by atoms with Crippen LogP contribution in [0.5, 0.6) is 0 Å². The SMILES string of the molecule is Cc1ccc([C@H]2C(=O)C[C@@H](c3c(-c4ccccc4)cc4ccccn34)C2=O)cc1Cl. The summed E-state index contributed by atoms with van der Waals surface area (Å²) >= 11 is 6.28. The minimum absolute atomic E-state index is 0.0465. The molecule has 2 aromatic carbocycles. The third-order valence-electron chi connectivity index (χ3n) is 6.02. The average molecular weight is 414 g/mol. The number of carbonyl (C=O) groups excluding carboxylic acids is 2. The van der Waals surface area contributed by atoms with Crippen LogP contribution in [-0.2, 0) is 9.59 Å². The summed E-state index contributed by atoms with van der Waals surface area (Å²) in [5.74, 6) is -1.34. The number of ketones is 2. The lowest BCUT2D eigenvalue weighted by molar-refractivity contribution is -0.124. The second kappa shape index (κ2) is 7.26. The number of fused-ring (bicyclic) bond motifs is 1. The molecule has 0 unspecified atom stereocenters. The van der Waals surface area contributed by atoms with Crippen molar-refractivity contribution in [2.75, 3.05) is 0 Å². The van der Waals surface area contributed by atoms with Gasteiger partial charge in [-0.3, -0.25) is 9.59 Å². The predicted molar refractivity (Wildman–Crippen MR) is 119 cm³/mol. The molecule has 2 heterocycles. The second-order valence-electron chi connectivity index (χ2n) is 7.87. The molecular weight excluding hydrogens is 394 g/mol. The highest BCUT2D eigenvalue weighted by Gasteiger charge is 2.44. The van der Waals surface area contributed by atoms with E-state index in [1.807, 2.05) is 78.2 Å². The van der Waals surface area contributed by atoms with E-state index in [0.717, 1.165) is 27.9 Å². The van der Waals surface area contributed by atoms with E-state index in [1.165, 1.54) is 0 Å². The molecule has 1 saturated carbocycles. The number of nitrogens with zero attached hydrogens (tertiary/aromatic N) is 1. The van der Waals surface area contributed by atoms with Crippen LogP contribution in [0.3, 0.4) is 0 Å².